The summed E-state index contributed by atoms with van der Waals surface area (Å²) in [6.45, 7) is 8.41. The van der Waals surface area contributed by atoms with Crippen LogP contribution in [-0.4, -0.2) is 108 Å². The molecule has 1 aliphatic heterocycles. The molecule has 2 aromatic rings. The Bertz CT molecular complexity index is 1910. The first-order chi connectivity index (χ1) is 28.1. The monoisotopic (exact) mass is 836 g/mol. The van der Waals surface area contributed by atoms with Crippen LogP contribution in [0.1, 0.15) is 83.9 Å². The molecule has 0 spiro atoms. The molecule has 5 unspecified atom stereocenters. The molecule has 3 aliphatic rings. The van der Waals surface area contributed by atoms with Crippen LogP contribution in [0.2, 0.25) is 0 Å². The SMILES string of the molecule is CN(C)C(=O)[C@@H](NC(=O)CNC(=O)C(=O)C(CCc1ccccc1)NC(=O)C1C2C(CN1C(=O)C(NC(=O)OC(C)(C)C)C1CCC(F)(F)CC1)C2(C)C)c1ccccc1. The minimum absolute atomic E-state index is 0.00111. The van der Waals surface area contributed by atoms with Crippen molar-refractivity contribution in [2.75, 3.05) is 27.2 Å². The van der Waals surface area contributed by atoms with Crippen LogP contribution in [0.5, 0.6) is 0 Å². The minimum Gasteiger partial charge on any atom is -0.444 e. The van der Waals surface area contributed by atoms with Crippen LogP contribution in [0, 0.1) is 23.2 Å². The maximum absolute atomic E-state index is 14.5. The molecule has 16 heteroatoms. The highest BCUT2D eigenvalue weighted by molar-refractivity contribution is 6.38. The van der Waals surface area contributed by atoms with Gasteiger partial charge in [0.25, 0.3) is 5.91 Å². The van der Waals surface area contributed by atoms with E-state index in [4.69, 9.17) is 4.74 Å². The van der Waals surface area contributed by atoms with Crippen molar-refractivity contribution in [1.82, 2.24) is 31.1 Å². The zero-order valence-electron chi connectivity index (χ0n) is 35.4. The molecule has 2 aromatic carbocycles. The quantitative estimate of drug-likeness (QED) is 0.195. The van der Waals surface area contributed by atoms with Gasteiger partial charge in [0, 0.05) is 33.5 Å². The van der Waals surface area contributed by atoms with Crippen molar-refractivity contribution in [2.45, 2.75) is 109 Å². The number of alkyl carbamates (subject to hydrolysis) is 1. The Morgan fingerprint density at radius 3 is 2.07 bits per heavy atom. The van der Waals surface area contributed by atoms with Gasteiger partial charge in [0.1, 0.15) is 23.7 Å². The van der Waals surface area contributed by atoms with Crippen molar-refractivity contribution in [3.8, 4) is 0 Å². The highest BCUT2D eigenvalue weighted by Gasteiger charge is 2.70. The molecule has 326 valence electrons. The van der Waals surface area contributed by atoms with E-state index in [2.05, 4.69) is 21.3 Å². The number of Topliss-reactive ketones (excluding diaryl/α,β-unsaturated/α-hetero) is 1. The van der Waals surface area contributed by atoms with Crippen LogP contribution in [0.4, 0.5) is 13.6 Å². The lowest BCUT2D eigenvalue weighted by atomic mass is 9.81. The summed E-state index contributed by atoms with van der Waals surface area (Å²) in [6.07, 6.45) is -1.61. The molecule has 2 aliphatic carbocycles. The normalized spacial score (nSPS) is 21.9. The van der Waals surface area contributed by atoms with Crippen molar-refractivity contribution in [2.24, 2.45) is 23.2 Å². The molecular formula is C44H58F2N6O8. The molecule has 5 rings (SSSR count). The van der Waals surface area contributed by atoms with Gasteiger partial charge in [-0.2, -0.15) is 0 Å². The molecule has 6 atom stereocenters. The van der Waals surface area contributed by atoms with E-state index in [1.54, 1.807) is 65.2 Å². The third-order valence-electron chi connectivity index (χ3n) is 11.9. The van der Waals surface area contributed by atoms with Gasteiger partial charge in [0.2, 0.25) is 35.3 Å². The van der Waals surface area contributed by atoms with E-state index in [-0.39, 0.29) is 49.5 Å². The third kappa shape index (κ3) is 11.2. The van der Waals surface area contributed by atoms with Crippen molar-refractivity contribution < 1.29 is 47.1 Å². The van der Waals surface area contributed by atoms with Crippen LogP contribution in [-0.2, 0) is 39.9 Å². The van der Waals surface area contributed by atoms with Crippen LogP contribution in [0.15, 0.2) is 60.7 Å². The Morgan fingerprint density at radius 2 is 1.48 bits per heavy atom. The Kier molecular flexibility index (Phi) is 14.1. The van der Waals surface area contributed by atoms with Crippen molar-refractivity contribution in [3.05, 3.63) is 71.8 Å². The van der Waals surface area contributed by atoms with E-state index < -0.39 is 102 Å². The largest absolute Gasteiger partial charge is 0.444 e. The summed E-state index contributed by atoms with van der Waals surface area (Å²) in [7, 11) is 3.08. The molecule has 1 saturated heterocycles. The van der Waals surface area contributed by atoms with Crippen LogP contribution < -0.4 is 21.3 Å². The van der Waals surface area contributed by atoms with Crippen LogP contribution >= 0.6 is 0 Å². The summed E-state index contributed by atoms with van der Waals surface area (Å²) in [5.41, 5.74) is 0.0755. The smallest absolute Gasteiger partial charge is 0.408 e. The summed E-state index contributed by atoms with van der Waals surface area (Å²) in [5.74, 6) is -8.58. The van der Waals surface area contributed by atoms with Crippen molar-refractivity contribution in [3.63, 3.8) is 0 Å². The van der Waals surface area contributed by atoms with E-state index in [0.717, 1.165) is 5.56 Å². The van der Waals surface area contributed by atoms with Gasteiger partial charge in [-0.25, -0.2) is 13.6 Å². The molecule has 14 nitrogen and oxygen atoms in total. The number of likely N-dealkylation sites (tertiary alicyclic amines) is 1. The topological polar surface area (TPSA) is 183 Å². The minimum atomic E-state index is -2.90. The number of carbonyl (C=O) groups is 7. The number of alkyl halides is 2. The highest BCUT2D eigenvalue weighted by atomic mass is 19.3. The first kappa shape index (κ1) is 45.7. The van der Waals surface area contributed by atoms with Gasteiger partial charge in [-0.05, 0) is 80.8 Å². The fourth-order valence-electron chi connectivity index (χ4n) is 8.49. The number of ketones is 1. The van der Waals surface area contributed by atoms with E-state index in [9.17, 15) is 42.3 Å². The zero-order chi connectivity index (χ0) is 44.2. The van der Waals surface area contributed by atoms with Gasteiger partial charge in [-0.1, -0.05) is 74.5 Å². The standard InChI is InChI=1S/C44H58F2N6O8/c1-42(2,3)60-41(59)50-34(28-20-22-44(45,46)23-21-28)40(58)52-25-29-32(43(29,4)5)35(52)37(55)48-30(19-18-26-14-10-8-11-15-26)36(54)38(56)47-24-31(53)49-33(39(57)51(6)7)27-16-12-9-13-17-27/h8-17,28-30,32-35H,18-25H2,1-7H3,(H,47,56)(H,48,55)(H,49,53)(H,50,59)/t29?,30?,32?,33-,34?,35?/m0/s1. The first-order valence-corrected chi connectivity index (χ1v) is 20.5. The van der Waals surface area contributed by atoms with Crippen LogP contribution in [0.3, 0.4) is 0 Å². The number of aryl methyl sites for hydroxylation is 1. The number of hydrogen-bond acceptors (Lipinski definition) is 8. The number of hydrogen-bond donors (Lipinski definition) is 4. The highest BCUT2D eigenvalue weighted by Crippen LogP contribution is 2.65. The summed E-state index contributed by atoms with van der Waals surface area (Å²) >= 11 is 0. The number of nitrogens with zero attached hydrogens (tertiary/aromatic N) is 2. The summed E-state index contributed by atoms with van der Waals surface area (Å²) in [4.78, 5) is 98.0. The number of fused-ring (bicyclic) bond motifs is 1. The van der Waals surface area contributed by atoms with Gasteiger partial charge in [-0.15, -0.1) is 0 Å². The number of nitrogens with one attached hydrogen (secondary N) is 4. The lowest BCUT2D eigenvalue weighted by molar-refractivity contribution is -0.145. The zero-order valence-corrected chi connectivity index (χ0v) is 35.4. The van der Waals surface area contributed by atoms with Gasteiger partial charge in [-0.3, -0.25) is 28.8 Å². The Morgan fingerprint density at radius 1 is 0.883 bits per heavy atom. The van der Waals surface area contributed by atoms with Crippen molar-refractivity contribution in [1.29, 1.82) is 0 Å². The molecule has 4 N–H and O–H groups in total. The first-order valence-electron chi connectivity index (χ1n) is 20.5. The van der Waals surface area contributed by atoms with E-state index >= 15 is 0 Å². The number of rotatable bonds is 15. The second-order valence-electron chi connectivity index (χ2n) is 18.0. The number of likely N-dealkylation sites (N-methyl/N-ethyl adjacent to an activating group) is 1. The third-order valence-corrected chi connectivity index (χ3v) is 11.9. The molecule has 1 heterocycles. The van der Waals surface area contributed by atoms with Gasteiger partial charge in [0.15, 0.2) is 0 Å². The second-order valence-corrected chi connectivity index (χ2v) is 18.0. The molecule has 6 amide bonds. The van der Waals surface area contributed by atoms with Crippen molar-refractivity contribution >= 4 is 41.4 Å². The maximum Gasteiger partial charge on any atom is 0.408 e. The van der Waals surface area contributed by atoms with E-state index in [0.29, 0.717) is 5.56 Å². The van der Waals surface area contributed by atoms with Gasteiger partial charge < -0.3 is 35.8 Å². The molecule has 0 aromatic heterocycles. The number of carbonyl (C=O) groups excluding carboxylic acids is 7. The van der Waals surface area contributed by atoms with E-state index in [1.165, 1.54) is 9.80 Å². The number of amides is 6. The molecule has 60 heavy (non-hydrogen) atoms. The molecule has 0 radical (unpaired) electrons. The Labute approximate surface area is 349 Å². The summed E-state index contributed by atoms with van der Waals surface area (Å²) < 4.78 is 34.0. The van der Waals surface area contributed by atoms with E-state index in [1.807, 2.05) is 44.2 Å². The van der Waals surface area contributed by atoms with Crippen LogP contribution in [0.25, 0.3) is 0 Å². The van der Waals surface area contributed by atoms with Gasteiger partial charge >= 0.3 is 6.09 Å². The predicted octanol–water partition coefficient (Wildman–Crippen LogP) is 3.94. The fourth-order valence-corrected chi connectivity index (χ4v) is 8.49. The number of piperidine rings is 1. The number of ether oxygens (including phenoxy) is 1. The second kappa shape index (κ2) is 18.5. The number of benzene rings is 2. The average molecular weight is 837 g/mol. The summed E-state index contributed by atoms with van der Waals surface area (Å²) in [5, 5.41) is 10.3. The average Bonchev–Trinajstić information content (AvgIpc) is 3.48. The Balaban J connectivity index is 1.34. The number of halogens is 2. The van der Waals surface area contributed by atoms with Gasteiger partial charge in [0.05, 0.1) is 12.6 Å². The maximum atomic E-state index is 14.5. The molecule has 2 saturated carbocycles. The lowest BCUT2D eigenvalue weighted by Gasteiger charge is -2.38. The molecule has 3 fully saturated rings. The fraction of sp³-hybridized carbons (Fsp3) is 0.568. The molecule has 0 bridgehead atoms. The Hall–Kier alpha value is -5.41. The summed E-state index contributed by atoms with van der Waals surface area (Å²) in [6, 6.07) is 12.9. The lowest BCUT2D eigenvalue weighted by Crippen LogP contribution is -2.60. The predicted molar refractivity (Wildman–Crippen MR) is 217 cm³/mol. The molecular weight excluding hydrogens is 779 g/mol.